The van der Waals surface area contributed by atoms with Crippen LogP contribution < -0.4 is 10.2 Å². The molecular formula is C20H28N4OS. The summed E-state index contributed by atoms with van der Waals surface area (Å²) in [6, 6.07) is 8.37. The SMILES string of the molecule is CCCCCNC(=O)[C@@H]1CCCN1c1nc(Cc2ccc(C)cc2)ns1. The Hall–Kier alpha value is -1.95. The van der Waals surface area contributed by atoms with Gasteiger partial charge in [-0.05, 0) is 31.7 Å². The molecule has 0 aliphatic carbocycles. The highest BCUT2D eigenvalue weighted by Crippen LogP contribution is 2.27. The zero-order valence-corrected chi connectivity index (χ0v) is 16.5. The summed E-state index contributed by atoms with van der Waals surface area (Å²) >= 11 is 1.41. The quantitative estimate of drug-likeness (QED) is 0.718. The standard InChI is InChI=1S/C20H28N4OS/c1-3-4-5-12-21-19(25)17-7-6-13-24(17)20-22-18(23-26-20)14-16-10-8-15(2)9-11-16/h8-11,17H,3-7,12-14H2,1-2H3,(H,21,25)/t17-/m0/s1. The molecule has 5 nitrogen and oxygen atoms in total. The van der Waals surface area contributed by atoms with E-state index in [1.165, 1.54) is 29.1 Å². The first-order valence-corrected chi connectivity index (χ1v) is 10.4. The molecule has 0 radical (unpaired) electrons. The molecule has 0 spiro atoms. The number of aryl methyl sites for hydroxylation is 1. The van der Waals surface area contributed by atoms with E-state index in [-0.39, 0.29) is 11.9 Å². The van der Waals surface area contributed by atoms with Crippen LogP contribution in [-0.4, -0.2) is 34.4 Å². The Bertz CT molecular complexity index is 713. The molecule has 1 aliphatic rings. The van der Waals surface area contributed by atoms with Crippen LogP contribution in [0.1, 0.15) is 56.0 Å². The van der Waals surface area contributed by atoms with Crippen LogP contribution in [-0.2, 0) is 11.2 Å². The van der Waals surface area contributed by atoms with Gasteiger partial charge < -0.3 is 10.2 Å². The van der Waals surface area contributed by atoms with E-state index in [9.17, 15) is 4.79 Å². The van der Waals surface area contributed by atoms with Gasteiger partial charge in [0, 0.05) is 31.0 Å². The molecule has 1 amide bonds. The molecule has 3 rings (SSSR count). The molecular weight excluding hydrogens is 344 g/mol. The lowest BCUT2D eigenvalue weighted by Gasteiger charge is -2.22. The third-order valence-corrected chi connectivity index (χ3v) is 5.61. The third kappa shape index (κ3) is 4.81. The number of amides is 1. The van der Waals surface area contributed by atoms with Gasteiger partial charge in [-0.15, -0.1) is 0 Å². The van der Waals surface area contributed by atoms with Crippen LogP contribution in [0.25, 0.3) is 0 Å². The van der Waals surface area contributed by atoms with Crippen LogP contribution in [0.15, 0.2) is 24.3 Å². The summed E-state index contributed by atoms with van der Waals surface area (Å²) < 4.78 is 4.52. The number of carbonyl (C=O) groups is 1. The monoisotopic (exact) mass is 372 g/mol. The molecule has 1 aliphatic heterocycles. The predicted molar refractivity (Wildman–Crippen MR) is 107 cm³/mol. The number of aromatic nitrogens is 2. The van der Waals surface area contributed by atoms with Gasteiger partial charge in [-0.2, -0.15) is 4.37 Å². The highest BCUT2D eigenvalue weighted by atomic mass is 32.1. The van der Waals surface area contributed by atoms with Gasteiger partial charge in [-0.1, -0.05) is 49.6 Å². The minimum atomic E-state index is -0.100. The van der Waals surface area contributed by atoms with Crippen LogP contribution in [0.3, 0.4) is 0 Å². The summed E-state index contributed by atoms with van der Waals surface area (Å²) in [7, 11) is 0. The Labute approximate surface area is 160 Å². The lowest BCUT2D eigenvalue weighted by molar-refractivity contribution is -0.122. The lowest BCUT2D eigenvalue weighted by atomic mass is 10.1. The fourth-order valence-corrected chi connectivity index (χ4v) is 4.06. The second kappa shape index (κ2) is 9.12. The maximum absolute atomic E-state index is 12.5. The summed E-state index contributed by atoms with van der Waals surface area (Å²) in [5.74, 6) is 0.969. The molecule has 1 atom stereocenters. The summed E-state index contributed by atoms with van der Waals surface area (Å²) in [6.45, 7) is 5.91. The fraction of sp³-hybridized carbons (Fsp3) is 0.550. The molecule has 0 bridgehead atoms. The second-order valence-electron chi connectivity index (χ2n) is 7.01. The first-order valence-electron chi connectivity index (χ1n) is 9.60. The lowest BCUT2D eigenvalue weighted by Crippen LogP contribution is -2.43. The van der Waals surface area contributed by atoms with Crippen LogP contribution >= 0.6 is 11.5 Å². The van der Waals surface area contributed by atoms with Crippen LogP contribution in [0.5, 0.6) is 0 Å². The summed E-state index contributed by atoms with van der Waals surface area (Å²) in [4.78, 5) is 19.4. The summed E-state index contributed by atoms with van der Waals surface area (Å²) in [5.41, 5.74) is 2.47. The smallest absolute Gasteiger partial charge is 0.242 e. The number of carbonyl (C=O) groups excluding carboxylic acids is 1. The van der Waals surface area contributed by atoms with E-state index in [1.807, 2.05) is 0 Å². The maximum Gasteiger partial charge on any atom is 0.242 e. The van der Waals surface area contributed by atoms with Gasteiger partial charge in [-0.25, -0.2) is 4.98 Å². The fourth-order valence-electron chi connectivity index (χ4n) is 3.29. The van der Waals surface area contributed by atoms with Crippen LogP contribution in [0.2, 0.25) is 0 Å². The number of nitrogens with zero attached hydrogens (tertiary/aromatic N) is 3. The van der Waals surface area contributed by atoms with E-state index in [1.54, 1.807) is 0 Å². The highest BCUT2D eigenvalue weighted by molar-refractivity contribution is 7.09. The molecule has 0 unspecified atom stereocenters. The van der Waals surface area contributed by atoms with Gasteiger partial charge in [-0.3, -0.25) is 4.79 Å². The highest BCUT2D eigenvalue weighted by Gasteiger charge is 2.32. The van der Waals surface area contributed by atoms with E-state index < -0.39 is 0 Å². The molecule has 1 fully saturated rings. The summed E-state index contributed by atoms with van der Waals surface area (Å²) in [6.07, 6.45) is 6.03. The number of unbranched alkanes of at least 4 members (excludes halogenated alkanes) is 2. The molecule has 26 heavy (non-hydrogen) atoms. The van der Waals surface area contributed by atoms with Crippen molar-refractivity contribution in [3.63, 3.8) is 0 Å². The molecule has 1 aromatic carbocycles. The van der Waals surface area contributed by atoms with Gasteiger partial charge in [0.05, 0.1) is 0 Å². The Morgan fingerprint density at radius 1 is 1.31 bits per heavy atom. The minimum Gasteiger partial charge on any atom is -0.354 e. The van der Waals surface area contributed by atoms with Crippen molar-refractivity contribution in [3.05, 3.63) is 41.2 Å². The van der Waals surface area contributed by atoms with Gasteiger partial charge >= 0.3 is 0 Å². The number of anilines is 1. The molecule has 1 aromatic heterocycles. The molecule has 2 heterocycles. The Morgan fingerprint density at radius 2 is 2.12 bits per heavy atom. The Morgan fingerprint density at radius 3 is 2.88 bits per heavy atom. The largest absolute Gasteiger partial charge is 0.354 e. The van der Waals surface area contributed by atoms with Gasteiger partial charge in [0.15, 0.2) is 0 Å². The van der Waals surface area contributed by atoms with Gasteiger partial charge in [0.25, 0.3) is 0 Å². The normalized spacial score (nSPS) is 16.8. The van der Waals surface area contributed by atoms with Crippen molar-refractivity contribution in [2.75, 3.05) is 18.0 Å². The van der Waals surface area contributed by atoms with E-state index in [0.717, 1.165) is 56.1 Å². The van der Waals surface area contributed by atoms with E-state index in [4.69, 9.17) is 4.98 Å². The Balaban J connectivity index is 1.60. The second-order valence-corrected chi connectivity index (χ2v) is 7.74. The van der Waals surface area contributed by atoms with Crippen molar-refractivity contribution in [2.45, 2.75) is 58.4 Å². The van der Waals surface area contributed by atoms with Crippen molar-refractivity contribution >= 4 is 22.6 Å². The van der Waals surface area contributed by atoms with Crippen molar-refractivity contribution < 1.29 is 4.79 Å². The topological polar surface area (TPSA) is 58.1 Å². The Kier molecular flexibility index (Phi) is 6.61. The number of hydrogen-bond acceptors (Lipinski definition) is 5. The summed E-state index contributed by atoms with van der Waals surface area (Å²) in [5, 5.41) is 3.96. The average Bonchev–Trinajstić information content (AvgIpc) is 3.29. The minimum absolute atomic E-state index is 0.100. The van der Waals surface area contributed by atoms with Crippen molar-refractivity contribution in [1.29, 1.82) is 0 Å². The van der Waals surface area contributed by atoms with Crippen molar-refractivity contribution in [1.82, 2.24) is 14.7 Å². The first-order chi connectivity index (χ1) is 12.7. The van der Waals surface area contributed by atoms with Gasteiger partial charge in [0.1, 0.15) is 11.9 Å². The molecule has 2 aromatic rings. The average molecular weight is 373 g/mol. The zero-order chi connectivity index (χ0) is 18.4. The molecule has 140 valence electrons. The first kappa shape index (κ1) is 18.8. The number of benzene rings is 1. The number of hydrogen-bond donors (Lipinski definition) is 1. The van der Waals surface area contributed by atoms with Gasteiger partial charge in [0.2, 0.25) is 11.0 Å². The number of nitrogens with one attached hydrogen (secondary N) is 1. The van der Waals surface area contributed by atoms with E-state index >= 15 is 0 Å². The van der Waals surface area contributed by atoms with Crippen molar-refractivity contribution in [2.24, 2.45) is 0 Å². The molecule has 6 heteroatoms. The molecule has 0 saturated carbocycles. The van der Waals surface area contributed by atoms with Crippen LogP contribution in [0, 0.1) is 6.92 Å². The van der Waals surface area contributed by atoms with Crippen molar-refractivity contribution in [3.8, 4) is 0 Å². The predicted octanol–water partition coefficient (Wildman–Crippen LogP) is 3.71. The van der Waals surface area contributed by atoms with E-state index in [0.29, 0.717) is 0 Å². The number of rotatable bonds is 8. The third-order valence-electron chi connectivity index (χ3n) is 4.82. The maximum atomic E-state index is 12.5. The molecule has 1 N–H and O–H groups in total. The van der Waals surface area contributed by atoms with Crippen LogP contribution in [0.4, 0.5) is 5.13 Å². The van der Waals surface area contributed by atoms with E-state index in [2.05, 4.69) is 52.7 Å². The molecule has 1 saturated heterocycles. The zero-order valence-electron chi connectivity index (χ0n) is 15.7.